The summed E-state index contributed by atoms with van der Waals surface area (Å²) in [6.07, 6.45) is 2.72. The van der Waals surface area contributed by atoms with Crippen LogP contribution in [0.4, 0.5) is 0 Å². The van der Waals surface area contributed by atoms with Crippen molar-refractivity contribution >= 4 is 41.6 Å². The molecule has 7 heteroatoms. The number of carbonyl (C=O) groups excluding carboxylic acids is 1. The maximum Gasteiger partial charge on any atom is 0.338 e. The van der Waals surface area contributed by atoms with E-state index in [0.717, 1.165) is 19.3 Å². The van der Waals surface area contributed by atoms with Gasteiger partial charge in [-0.15, -0.1) is 0 Å². The van der Waals surface area contributed by atoms with Crippen LogP contribution in [0.25, 0.3) is 0 Å². The number of hydrogen-bond acceptors (Lipinski definition) is 4. The molecule has 0 aliphatic heterocycles. The van der Waals surface area contributed by atoms with Gasteiger partial charge in [0.25, 0.3) is 9.05 Å². The molecule has 0 heterocycles. The van der Waals surface area contributed by atoms with Crippen LogP contribution < -0.4 is 0 Å². The van der Waals surface area contributed by atoms with E-state index in [0.29, 0.717) is 10.0 Å². The number of ether oxygens (including phenoxy) is 1. The molecule has 0 radical (unpaired) electrons. The second kappa shape index (κ2) is 5.42. The Kier molecular flexibility index (Phi) is 4.23. The minimum atomic E-state index is -3.90. The summed E-state index contributed by atoms with van der Waals surface area (Å²) in [6.45, 7) is 1.61. The monoisotopic (exact) mass is 366 g/mol. The summed E-state index contributed by atoms with van der Waals surface area (Å²) in [5, 5.41) is 0. The minimum Gasteiger partial charge on any atom is -0.459 e. The molecule has 0 atom stereocenters. The smallest absolute Gasteiger partial charge is 0.338 e. The van der Waals surface area contributed by atoms with Gasteiger partial charge in [0.15, 0.2) is 0 Å². The van der Waals surface area contributed by atoms with E-state index in [-0.39, 0.29) is 16.6 Å². The minimum absolute atomic E-state index is 0.0522. The fourth-order valence-corrected chi connectivity index (χ4v) is 3.55. The fraction of sp³-hybridized carbons (Fsp3) is 0.417. The van der Waals surface area contributed by atoms with Crippen LogP contribution in [0.15, 0.2) is 21.5 Å². The first-order chi connectivity index (χ1) is 8.79. The van der Waals surface area contributed by atoms with Crippen molar-refractivity contribution in [2.75, 3.05) is 0 Å². The van der Waals surface area contributed by atoms with Crippen LogP contribution in [0.5, 0.6) is 0 Å². The first-order valence-corrected chi connectivity index (χ1v) is 8.85. The van der Waals surface area contributed by atoms with E-state index >= 15 is 0 Å². The average Bonchev–Trinajstić information content (AvgIpc) is 2.25. The third-order valence-electron chi connectivity index (χ3n) is 3.12. The molecule has 0 aromatic heterocycles. The van der Waals surface area contributed by atoms with E-state index in [9.17, 15) is 13.2 Å². The molecular formula is C12H12BrClO4S. The largest absolute Gasteiger partial charge is 0.459 e. The molecule has 0 spiro atoms. The number of carbonyl (C=O) groups is 1. The number of esters is 1. The summed E-state index contributed by atoms with van der Waals surface area (Å²) in [5.74, 6) is -0.521. The van der Waals surface area contributed by atoms with Crippen LogP contribution in [0.2, 0.25) is 0 Å². The van der Waals surface area contributed by atoms with Crippen LogP contribution in [-0.4, -0.2) is 20.5 Å². The van der Waals surface area contributed by atoms with Crippen molar-refractivity contribution in [1.29, 1.82) is 0 Å². The molecule has 0 N–H and O–H groups in total. The number of halogens is 2. The highest BCUT2D eigenvalue weighted by molar-refractivity contribution is 9.10. The van der Waals surface area contributed by atoms with Crippen molar-refractivity contribution in [2.24, 2.45) is 0 Å². The van der Waals surface area contributed by atoms with Crippen LogP contribution in [0.3, 0.4) is 0 Å². The molecule has 2 rings (SSSR count). The Labute approximate surface area is 124 Å². The van der Waals surface area contributed by atoms with E-state index in [2.05, 4.69) is 15.9 Å². The Morgan fingerprint density at radius 1 is 1.42 bits per heavy atom. The molecular weight excluding hydrogens is 356 g/mol. The molecule has 0 bridgehead atoms. The standard InChI is InChI=1S/C12H12BrClO4S/c1-7-10(13)5-8(6-11(7)19(14,16)17)12(15)18-9-3-2-4-9/h5-6,9H,2-4H2,1H3. The lowest BCUT2D eigenvalue weighted by atomic mass is 9.96. The van der Waals surface area contributed by atoms with Gasteiger partial charge in [0.05, 0.1) is 10.5 Å². The summed E-state index contributed by atoms with van der Waals surface area (Å²) < 4.78 is 28.7. The highest BCUT2D eigenvalue weighted by atomic mass is 79.9. The van der Waals surface area contributed by atoms with E-state index in [1.165, 1.54) is 6.07 Å². The quantitative estimate of drug-likeness (QED) is 0.607. The molecule has 4 nitrogen and oxygen atoms in total. The molecule has 1 aromatic carbocycles. The van der Waals surface area contributed by atoms with Gasteiger partial charge in [-0.2, -0.15) is 0 Å². The van der Waals surface area contributed by atoms with Crippen molar-refractivity contribution in [3.63, 3.8) is 0 Å². The first-order valence-electron chi connectivity index (χ1n) is 5.75. The lowest BCUT2D eigenvalue weighted by Crippen LogP contribution is -2.25. The van der Waals surface area contributed by atoms with Crippen molar-refractivity contribution in [3.05, 3.63) is 27.7 Å². The van der Waals surface area contributed by atoms with Gasteiger partial charge < -0.3 is 4.74 Å². The van der Waals surface area contributed by atoms with Gasteiger partial charge in [0, 0.05) is 15.2 Å². The summed E-state index contributed by atoms with van der Waals surface area (Å²) >= 11 is 3.22. The average molecular weight is 368 g/mol. The Morgan fingerprint density at radius 2 is 2.05 bits per heavy atom. The number of benzene rings is 1. The van der Waals surface area contributed by atoms with Gasteiger partial charge in [-0.25, -0.2) is 13.2 Å². The normalized spacial score (nSPS) is 15.9. The number of hydrogen-bond donors (Lipinski definition) is 0. The van der Waals surface area contributed by atoms with Crippen molar-refractivity contribution in [1.82, 2.24) is 0 Å². The Morgan fingerprint density at radius 3 is 2.53 bits per heavy atom. The van der Waals surface area contributed by atoms with E-state index in [4.69, 9.17) is 15.4 Å². The van der Waals surface area contributed by atoms with Crippen molar-refractivity contribution in [3.8, 4) is 0 Å². The summed E-state index contributed by atoms with van der Waals surface area (Å²) in [4.78, 5) is 11.8. The van der Waals surface area contributed by atoms with Crippen molar-refractivity contribution < 1.29 is 17.9 Å². The summed E-state index contributed by atoms with van der Waals surface area (Å²) in [6, 6.07) is 2.80. The van der Waals surface area contributed by atoms with Gasteiger partial charge in [0.1, 0.15) is 6.10 Å². The zero-order valence-corrected chi connectivity index (χ0v) is 13.3. The van der Waals surface area contributed by atoms with E-state index in [1.54, 1.807) is 13.0 Å². The van der Waals surface area contributed by atoms with Gasteiger partial charge in [0.2, 0.25) is 0 Å². The van der Waals surface area contributed by atoms with Gasteiger partial charge in [-0.1, -0.05) is 15.9 Å². The molecule has 1 saturated carbocycles. The lowest BCUT2D eigenvalue weighted by molar-refractivity contribution is 0.00897. The molecule has 0 saturated heterocycles. The van der Waals surface area contributed by atoms with Crippen molar-refractivity contribution in [2.45, 2.75) is 37.2 Å². The molecule has 0 amide bonds. The molecule has 1 aromatic rings. The molecule has 1 aliphatic rings. The van der Waals surface area contributed by atoms with E-state index in [1.807, 2.05) is 0 Å². The van der Waals surface area contributed by atoms with Gasteiger partial charge in [-0.3, -0.25) is 0 Å². The maximum atomic E-state index is 11.9. The summed E-state index contributed by atoms with van der Waals surface area (Å²) in [5.41, 5.74) is 0.652. The molecule has 1 fully saturated rings. The summed E-state index contributed by atoms with van der Waals surface area (Å²) in [7, 11) is 1.46. The molecule has 0 unspecified atom stereocenters. The Hall–Kier alpha value is -0.590. The van der Waals surface area contributed by atoms with Crippen LogP contribution >= 0.6 is 26.6 Å². The Balaban J connectivity index is 2.36. The van der Waals surface area contributed by atoms with Gasteiger partial charge in [-0.05, 0) is 43.9 Å². The molecule has 19 heavy (non-hydrogen) atoms. The lowest BCUT2D eigenvalue weighted by Gasteiger charge is -2.25. The maximum absolute atomic E-state index is 11.9. The fourth-order valence-electron chi connectivity index (χ4n) is 1.73. The number of rotatable bonds is 3. The van der Waals surface area contributed by atoms with Crippen LogP contribution in [0, 0.1) is 6.92 Å². The molecule has 1 aliphatic carbocycles. The Bertz CT molecular complexity index is 623. The topological polar surface area (TPSA) is 60.4 Å². The second-order valence-corrected chi connectivity index (χ2v) is 7.87. The SMILES string of the molecule is Cc1c(Br)cc(C(=O)OC2CCC2)cc1S(=O)(=O)Cl. The highest BCUT2D eigenvalue weighted by Crippen LogP contribution is 2.29. The molecule has 104 valence electrons. The van der Waals surface area contributed by atoms with Gasteiger partial charge >= 0.3 is 5.97 Å². The first kappa shape index (κ1) is 14.8. The highest BCUT2D eigenvalue weighted by Gasteiger charge is 2.24. The third-order valence-corrected chi connectivity index (χ3v) is 5.39. The van der Waals surface area contributed by atoms with Crippen LogP contribution in [0.1, 0.15) is 35.2 Å². The zero-order chi connectivity index (χ0) is 14.2. The van der Waals surface area contributed by atoms with E-state index < -0.39 is 15.0 Å². The van der Waals surface area contributed by atoms with Crippen LogP contribution in [-0.2, 0) is 13.8 Å². The predicted octanol–water partition coefficient (Wildman–Crippen LogP) is 3.39. The second-order valence-electron chi connectivity index (χ2n) is 4.48. The zero-order valence-electron chi connectivity index (χ0n) is 10.2. The predicted molar refractivity (Wildman–Crippen MR) is 75.0 cm³/mol. The third kappa shape index (κ3) is 3.30.